The summed E-state index contributed by atoms with van der Waals surface area (Å²) in [5.41, 5.74) is 1.23. The van der Waals surface area contributed by atoms with E-state index in [2.05, 4.69) is 11.9 Å². The van der Waals surface area contributed by atoms with Gasteiger partial charge < -0.3 is 4.74 Å². The molecule has 0 radical (unpaired) electrons. The van der Waals surface area contributed by atoms with E-state index in [1.54, 1.807) is 12.4 Å². The van der Waals surface area contributed by atoms with Crippen molar-refractivity contribution < 1.29 is 4.74 Å². The molecule has 1 aliphatic rings. The monoisotopic (exact) mass is 135 g/mol. The quantitative estimate of drug-likeness (QED) is 0.543. The molecule has 2 heteroatoms. The Kier molecular flexibility index (Phi) is 1.05. The van der Waals surface area contributed by atoms with E-state index in [0.717, 1.165) is 6.61 Å². The highest BCUT2D eigenvalue weighted by molar-refractivity contribution is 5.22. The number of nitrogens with zero attached hydrogens (tertiary/aromatic N) is 1. The lowest BCUT2D eigenvalue weighted by atomic mass is 10.0. The van der Waals surface area contributed by atoms with E-state index in [1.165, 1.54) is 5.56 Å². The van der Waals surface area contributed by atoms with Crippen LogP contribution < -0.4 is 0 Å². The zero-order valence-electron chi connectivity index (χ0n) is 5.87. The molecule has 1 aromatic heterocycles. The Morgan fingerprint density at radius 3 is 2.60 bits per heavy atom. The molecule has 2 heterocycles. The summed E-state index contributed by atoms with van der Waals surface area (Å²) in [5.74, 6) is 0. The van der Waals surface area contributed by atoms with Crippen molar-refractivity contribution in [3.63, 3.8) is 0 Å². The average molecular weight is 135 g/mol. The molecule has 2 nitrogen and oxygen atoms in total. The minimum Gasteiger partial charge on any atom is -0.365 e. The molecule has 0 N–H and O–H groups in total. The van der Waals surface area contributed by atoms with Crippen molar-refractivity contribution in [3.8, 4) is 0 Å². The summed E-state index contributed by atoms with van der Waals surface area (Å²) in [7, 11) is 0. The van der Waals surface area contributed by atoms with Gasteiger partial charge in [-0.25, -0.2) is 0 Å². The summed E-state index contributed by atoms with van der Waals surface area (Å²) in [6.07, 6.45) is 3.59. The molecular formula is C8H9NO. The van der Waals surface area contributed by atoms with Gasteiger partial charge in [-0.3, -0.25) is 4.98 Å². The highest BCUT2D eigenvalue weighted by Crippen LogP contribution is 2.37. The second-order valence-corrected chi connectivity index (χ2v) is 2.76. The third kappa shape index (κ3) is 0.809. The third-order valence-electron chi connectivity index (χ3n) is 1.87. The van der Waals surface area contributed by atoms with Gasteiger partial charge in [0.1, 0.15) is 5.60 Å². The van der Waals surface area contributed by atoms with Gasteiger partial charge >= 0.3 is 0 Å². The number of hydrogen-bond acceptors (Lipinski definition) is 2. The second kappa shape index (κ2) is 1.80. The predicted octanol–water partition coefficient (Wildman–Crippen LogP) is 1.33. The van der Waals surface area contributed by atoms with Crippen LogP contribution in [0.25, 0.3) is 0 Å². The van der Waals surface area contributed by atoms with Crippen molar-refractivity contribution in [3.05, 3.63) is 30.1 Å². The summed E-state index contributed by atoms with van der Waals surface area (Å²) < 4.78 is 5.25. The van der Waals surface area contributed by atoms with Crippen molar-refractivity contribution in [1.29, 1.82) is 0 Å². The Morgan fingerprint density at radius 2 is 2.10 bits per heavy atom. The molecular weight excluding hydrogens is 126 g/mol. The number of aromatic nitrogens is 1. The Morgan fingerprint density at radius 1 is 1.50 bits per heavy atom. The number of pyridine rings is 1. The van der Waals surface area contributed by atoms with Crippen LogP contribution in [0, 0.1) is 0 Å². The molecule has 0 aliphatic carbocycles. The largest absolute Gasteiger partial charge is 0.365 e. The second-order valence-electron chi connectivity index (χ2n) is 2.76. The number of ether oxygens (including phenoxy) is 1. The minimum atomic E-state index is 0.00292. The molecule has 0 aromatic carbocycles. The first kappa shape index (κ1) is 5.86. The van der Waals surface area contributed by atoms with Crippen LogP contribution in [-0.2, 0) is 10.3 Å². The Balaban J connectivity index is 2.35. The summed E-state index contributed by atoms with van der Waals surface area (Å²) in [4.78, 5) is 3.93. The van der Waals surface area contributed by atoms with Crippen LogP contribution in [0.2, 0.25) is 0 Å². The van der Waals surface area contributed by atoms with Gasteiger partial charge in [-0.15, -0.1) is 0 Å². The molecule has 1 fully saturated rings. The molecule has 1 saturated heterocycles. The van der Waals surface area contributed by atoms with Gasteiger partial charge in [-0.05, 0) is 24.6 Å². The van der Waals surface area contributed by atoms with Gasteiger partial charge in [0.15, 0.2) is 0 Å². The minimum absolute atomic E-state index is 0.00292. The normalized spacial score (nSPS) is 30.1. The van der Waals surface area contributed by atoms with Gasteiger partial charge in [0, 0.05) is 12.4 Å². The highest BCUT2D eigenvalue weighted by Gasteiger charge is 2.40. The Hall–Kier alpha value is -0.890. The average Bonchev–Trinajstić information content (AvgIpc) is 2.72. The van der Waals surface area contributed by atoms with Crippen LogP contribution in [0.5, 0.6) is 0 Å². The van der Waals surface area contributed by atoms with E-state index in [4.69, 9.17) is 4.74 Å². The third-order valence-corrected chi connectivity index (χ3v) is 1.87. The lowest BCUT2D eigenvalue weighted by Gasteiger charge is -2.01. The van der Waals surface area contributed by atoms with E-state index >= 15 is 0 Å². The molecule has 1 aliphatic heterocycles. The summed E-state index contributed by atoms with van der Waals surface area (Å²) in [6.45, 7) is 2.93. The Labute approximate surface area is 59.9 Å². The number of epoxide rings is 1. The maximum absolute atomic E-state index is 5.25. The van der Waals surface area contributed by atoms with E-state index in [-0.39, 0.29) is 5.60 Å². The van der Waals surface area contributed by atoms with Gasteiger partial charge in [-0.1, -0.05) is 0 Å². The maximum atomic E-state index is 5.25. The fourth-order valence-electron chi connectivity index (χ4n) is 0.979. The molecule has 1 atom stereocenters. The van der Waals surface area contributed by atoms with E-state index in [0.29, 0.717) is 0 Å². The van der Waals surface area contributed by atoms with Crippen molar-refractivity contribution in [2.75, 3.05) is 6.61 Å². The first-order chi connectivity index (χ1) is 4.81. The summed E-state index contributed by atoms with van der Waals surface area (Å²) in [6, 6.07) is 3.99. The van der Waals surface area contributed by atoms with E-state index in [9.17, 15) is 0 Å². The summed E-state index contributed by atoms with van der Waals surface area (Å²) >= 11 is 0. The number of hydrogen-bond donors (Lipinski definition) is 0. The standard InChI is InChI=1S/C8H9NO/c1-8(6-10-8)7-2-4-9-5-3-7/h2-5H,6H2,1H3/t8-/m0/s1. The molecule has 52 valence electrons. The van der Waals surface area contributed by atoms with Gasteiger partial charge in [-0.2, -0.15) is 0 Å². The van der Waals surface area contributed by atoms with E-state index in [1.807, 2.05) is 12.1 Å². The predicted molar refractivity (Wildman–Crippen MR) is 37.5 cm³/mol. The SMILES string of the molecule is C[C@@]1(c2ccncc2)CO1. The van der Waals surface area contributed by atoms with Crippen LogP contribution >= 0.6 is 0 Å². The van der Waals surface area contributed by atoms with Crippen molar-refractivity contribution in [2.45, 2.75) is 12.5 Å². The van der Waals surface area contributed by atoms with Crippen molar-refractivity contribution in [2.24, 2.45) is 0 Å². The van der Waals surface area contributed by atoms with E-state index < -0.39 is 0 Å². The van der Waals surface area contributed by atoms with Crippen LogP contribution in [0.4, 0.5) is 0 Å². The highest BCUT2D eigenvalue weighted by atomic mass is 16.6. The van der Waals surface area contributed by atoms with Gasteiger partial charge in [0.2, 0.25) is 0 Å². The lowest BCUT2D eigenvalue weighted by molar-refractivity contribution is 0.329. The first-order valence-corrected chi connectivity index (χ1v) is 3.36. The van der Waals surface area contributed by atoms with Crippen LogP contribution in [0.3, 0.4) is 0 Å². The maximum Gasteiger partial charge on any atom is 0.114 e. The van der Waals surface area contributed by atoms with Crippen LogP contribution in [0.15, 0.2) is 24.5 Å². The molecule has 2 rings (SSSR count). The van der Waals surface area contributed by atoms with Gasteiger partial charge in [0.05, 0.1) is 6.61 Å². The molecule has 0 bridgehead atoms. The first-order valence-electron chi connectivity index (χ1n) is 3.36. The molecule has 0 amide bonds. The molecule has 10 heavy (non-hydrogen) atoms. The lowest BCUT2D eigenvalue weighted by Crippen LogP contribution is -2.00. The van der Waals surface area contributed by atoms with Crippen LogP contribution in [0.1, 0.15) is 12.5 Å². The molecule has 0 saturated carbocycles. The fraction of sp³-hybridized carbons (Fsp3) is 0.375. The smallest absolute Gasteiger partial charge is 0.114 e. The Bertz CT molecular complexity index is 228. The number of rotatable bonds is 1. The zero-order chi connectivity index (χ0) is 7.03. The molecule has 1 aromatic rings. The zero-order valence-corrected chi connectivity index (χ0v) is 5.87. The van der Waals surface area contributed by atoms with Crippen LogP contribution in [-0.4, -0.2) is 11.6 Å². The molecule has 0 spiro atoms. The van der Waals surface area contributed by atoms with Crippen molar-refractivity contribution in [1.82, 2.24) is 4.98 Å². The fourth-order valence-corrected chi connectivity index (χ4v) is 0.979. The summed E-state index contributed by atoms with van der Waals surface area (Å²) in [5, 5.41) is 0. The van der Waals surface area contributed by atoms with Crippen molar-refractivity contribution >= 4 is 0 Å². The topological polar surface area (TPSA) is 25.4 Å². The molecule has 0 unspecified atom stereocenters. The van der Waals surface area contributed by atoms with Gasteiger partial charge in [0.25, 0.3) is 0 Å².